The highest BCUT2D eigenvalue weighted by Gasteiger charge is 2.04. The smallest absolute Gasteiger partial charge is 0.195 e. The van der Waals surface area contributed by atoms with Gasteiger partial charge in [0.15, 0.2) is 5.78 Å². The van der Waals surface area contributed by atoms with Gasteiger partial charge in [-0.2, -0.15) is 0 Å². The van der Waals surface area contributed by atoms with Crippen molar-refractivity contribution >= 4 is 23.2 Å². The van der Waals surface area contributed by atoms with Gasteiger partial charge in [0.05, 0.1) is 11.0 Å². The van der Waals surface area contributed by atoms with E-state index in [-0.39, 0.29) is 11.9 Å². The lowest BCUT2D eigenvalue weighted by molar-refractivity contribution is 0.105. The largest absolute Gasteiger partial charge is 0.490 e. The molecule has 0 atom stereocenters. The number of thiophene rings is 1. The summed E-state index contributed by atoms with van der Waals surface area (Å²) in [7, 11) is 0. The molecule has 19 heavy (non-hydrogen) atoms. The molecule has 0 saturated heterocycles. The summed E-state index contributed by atoms with van der Waals surface area (Å²) < 4.78 is 5.71. The first-order valence-electron chi connectivity index (χ1n) is 6.18. The first-order chi connectivity index (χ1) is 9.16. The van der Waals surface area contributed by atoms with Gasteiger partial charge in [-0.15, -0.1) is 11.3 Å². The molecule has 0 aliphatic carbocycles. The number of ether oxygens (including phenoxy) is 1. The highest BCUT2D eigenvalue weighted by atomic mass is 32.1. The van der Waals surface area contributed by atoms with Crippen molar-refractivity contribution in [2.45, 2.75) is 20.0 Å². The molecule has 0 bridgehead atoms. The normalized spacial score (nSPS) is 11.1. The van der Waals surface area contributed by atoms with Crippen LogP contribution in [-0.4, -0.2) is 11.9 Å². The Balaban J connectivity index is 2.16. The van der Waals surface area contributed by atoms with E-state index in [1.165, 1.54) is 11.3 Å². The Morgan fingerprint density at radius 3 is 2.68 bits per heavy atom. The van der Waals surface area contributed by atoms with Gasteiger partial charge in [-0.05, 0) is 43.5 Å². The molecule has 0 radical (unpaired) electrons. The average molecular weight is 272 g/mol. The molecule has 0 fully saturated rings. The maximum absolute atomic E-state index is 11.9. The topological polar surface area (TPSA) is 26.3 Å². The fourth-order valence-electron chi connectivity index (χ4n) is 1.65. The Kier molecular flexibility index (Phi) is 4.53. The van der Waals surface area contributed by atoms with Crippen molar-refractivity contribution in [1.29, 1.82) is 0 Å². The van der Waals surface area contributed by atoms with Gasteiger partial charge in [-0.3, -0.25) is 4.79 Å². The van der Waals surface area contributed by atoms with Crippen molar-refractivity contribution in [2.24, 2.45) is 0 Å². The van der Waals surface area contributed by atoms with Crippen LogP contribution >= 0.6 is 11.3 Å². The maximum Gasteiger partial charge on any atom is 0.195 e. The van der Waals surface area contributed by atoms with E-state index in [2.05, 4.69) is 0 Å². The highest BCUT2D eigenvalue weighted by Crippen LogP contribution is 2.21. The van der Waals surface area contributed by atoms with Crippen molar-refractivity contribution < 1.29 is 9.53 Å². The van der Waals surface area contributed by atoms with Gasteiger partial charge in [0, 0.05) is 5.56 Å². The second-order valence-electron chi connectivity index (χ2n) is 4.38. The Labute approximate surface area is 117 Å². The summed E-state index contributed by atoms with van der Waals surface area (Å²) in [5.41, 5.74) is 0.918. The van der Waals surface area contributed by atoms with Crippen LogP contribution in [0, 0.1) is 0 Å². The summed E-state index contributed by atoms with van der Waals surface area (Å²) >= 11 is 1.45. The first kappa shape index (κ1) is 13.6. The van der Waals surface area contributed by atoms with Crippen molar-refractivity contribution in [3.63, 3.8) is 0 Å². The molecule has 0 aliphatic rings. The number of benzene rings is 1. The van der Waals surface area contributed by atoms with Crippen LogP contribution in [0.1, 0.15) is 29.1 Å². The lowest BCUT2D eigenvalue weighted by Crippen LogP contribution is -2.06. The zero-order valence-corrected chi connectivity index (χ0v) is 11.8. The summed E-state index contributed by atoms with van der Waals surface area (Å²) in [5.74, 6) is 0.821. The molecule has 0 N–H and O–H groups in total. The SMILES string of the molecule is CC(C)Oc1ccccc1/C=C/C(=O)c1cccs1. The fourth-order valence-corrected chi connectivity index (χ4v) is 2.29. The zero-order valence-electron chi connectivity index (χ0n) is 11.0. The summed E-state index contributed by atoms with van der Waals surface area (Å²) in [6, 6.07) is 11.4. The summed E-state index contributed by atoms with van der Waals surface area (Å²) in [6.07, 6.45) is 3.51. The molecule has 2 nitrogen and oxygen atoms in total. The van der Waals surface area contributed by atoms with Gasteiger partial charge in [0.25, 0.3) is 0 Å². The predicted octanol–water partition coefficient (Wildman–Crippen LogP) is 4.43. The van der Waals surface area contributed by atoms with Crippen molar-refractivity contribution in [1.82, 2.24) is 0 Å². The molecule has 2 rings (SSSR count). The number of carbonyl (C=O) groups excluding carboxylic acids is 1. The van der Waals surface area contributed by atoms with Crippen LogP contribution in [-0.2, 0) is 0 Å². The van der Waals surface area contributed by atoms with Gasteiger partial charge >= 0.3 is 0 Å². The minimum Gasteiger partial charge on any atom is -0.490 e. The molecule has 3 heteroatoms. The van der Waals surface area contributed by atoms with Crippen LogP contribution < -0.4 is 4.74 Å². The van der Waals surface area contributed by atoms with Crippen LogP contribution in [0.4, 0.5) is 0 Å². The number of rotatable bonds is 5. The minimum absolute atomic E-state index is 0.0225. The minimum atomic E-state index is 0.0225. The fraction of sp³-hybridized carbons (Fsp3) is 0.188. The van der Waals surface area contributed by atoms with Crippen LogP contribution in [0.3, 0.4) is 0 Å². The maximum atomic E-state index is 11.9. The molecular weight excluding hydrogens is 256 g/mol. The molecule has 0 amide bonds. The highest BCUT2D eigenvalue weighted by molar-refractivity contribution is 7.12. The van der Waals surface area contributed by atoms with Crippen molar-refractivity contribution in [3.8, 4) is 5.75 Å². The number of ketones is 1. The number of hydrogen-bond acceptors (Lipinski definition) is 3. The molecule has 1 heterocycles. The zero-order chi connectivity index (χ0) is 13.7. The third-order valence-electron chi connectivity index (χ3n) is 2.46. The summed E-state index contributed by atoms with van der Waals surface area (Å²) in [5, 5.41) is 1.90. The van der Waals surface area contributed by atoms with E-state index in [1.54, 1.807) is 12.2 Å². The Hall–Kier alpha value is -1.87. The molecule has 0 unspecified atom stereocenters. The van der Waals surface area contributed by atoms with Crippen LogP contribution in [0.5, 0.6) is 5.75 Å². The molecule has 0 spiro atoms. The van der Waals surface area contributed by atoms with E-state index in [1.807, 2.05) is 55.6 Å². The van der Waals surface area contributed by atoms with Crippen molar-refractivity contribution in [3.05, 3.63) is 58.3 Å². The van der Waals surface area contributed by atoms with E-state index in [0.29, 0.717) is 0 Å². The molecule has 98 valence electrons. The van der Waals surface area contributed by atoms with E-state index >= 15 is 0 Å². The van der Waals surface area contributed by atoms with Crippen LogP contribution in [0.15, 0.2) is 47.9 Å². The third-order valence-corrected chi connectivity index (χ3v) is 3.34. The first-order valence-corrected chi connectivity index (χ1v) is 7.06. The van der Waals surface area contributed by atoms with E-state index in [0.717, 1.165) is 16.2 Å². The van der Waals surface area contributed by atoms with E-state index in [9.17, 15) is 4.79 Å². The predicted molar refractivity (Wildman–Crippen MR) is 79.9 cm³/mol. The Morgan fingerprint density at radius 1 is 1.21 bits per heavy atom. The molecule has 0 aliphatic heterocycles. The third kappa shape index (κ3) is 3.80. The van der Waals surface area contributed by atoms with Gasteiger partial charge in [0.1, 0.15) is 5.75 Å². The molecular formula is C16H16O2S. The van der Waals surface area contributed by atoms with Crippen molar-refractivity contribution in [2.75, 3.05) is 0 Å². The number of para-hydroxylation sites is 1. The van der Waals surface area contributed by atoms with Gasteiger partial charge in [-0.1, -0.05) is 24.3 Å². The monoisotopic (exact) mass is 272 g/mol. The number of hydrogen-bond donors (Lipinski definition) is 0. The van der Waals surface area contributed by atoms with Gasteiger partial charge in [0.2, 0.25) is 0 Å². The van der Waals surface area contributed by atoms with E-state index in [4.69, 9.17) is 4.74 Å². The molecule has 1 aromatic heterocycles. The molecule has 0 saturated carbocycles. The molecule has 1 aromatic carbocycles. The number of allylic oxidation sites excluding steroid dienone is 1. The lowest BCUT2D eigenvalue weighted by Gasteiger charge is -2.11. The van der Waals surface area contributed by atoms with Crippen LogP contribution in [0.25, 0.3) is 6.08 Å². The lowest BCUT2D eigenvalue weighted by atomic mass is 10.1. The number of carbonyl (C=O) groups is 1. The summed E-state index contributed by atoms with van der Waals surface area (Å²) in [4.78, 5) is 12.6. The van der Waals surface area contributed by atoms with Crippen LogP contribution in [0.2, 0.25) is 0 Å². The second kappa shape index (κ2) is 6.34. The second-order valence-corrected chi connectivity index (χ2v) is 5.33. The Morgan fingerprint density at radius 2 is 2.00 bits per heavy atom. The summed E-state index contributed by atoms with van der Waals surface area (Å²) in [6.45, 7) is 3.97. The standard InChI is InChI=1S/C16H16O2S/c1-12(2)18-15-7-4-3-6-13(15)9-10-14(17)16-8-5-11-19-16/h3-12H,1-2H3/b10-9+. The van der Waals surface area contributed by atoms with Gasteiger partial charge < -0.3 is 4.74 Å². The quantitative estimate of drug-likeness (QED) is 0.594. The molecule has 2 aromatic rings. The average Bonchev–Trinajstić information content (AvgIpc) is 2.90. The van der Waals surface area contributed by atoms with Gasteiger partial charge in [-0.25, -0.2) is 0 Å². The van der Waals surface area contributed by atoms with E-state index < -0.39 is 0 Å². The Bertz CT molecular complexity index is 568.